The fourth-order valence-corrected chi connectivity index (χ4v) is 2.84. The van der Waals surface area contributed by atoms with Gasteiger partial charge in [0, 0.05) is 22.5 Å². The van der Waals surface area contributed by atoms with Crippen molar-refractivity contribution in [2.75, 3.05) is 14.1 Å². The van der Waals surface area contributed by atoms with E-state index in [4.69, 9.17) is 12.6 Å². The molecule has 0 saturated heterocycles. The highest BCUT2D eigenvalue weighted by Crippen LogP contribution is 2.43. The standard InChI is InChI=1S/C17H26N2S/c1-7-12-8-9-15-13(10-12)14(11-18-15)16(2,3)17(4,20)19(5)6/h8-11,18,20H,7H2,1-6H3. The number of rotatable bonds is 4. The molecule has 2 rings (SSSR count). The lowest BCUT2D eigenvalue weighted by Gasteiger charge is -2.45. The number of benzene rings is 1. The Balaban J connectivity index is 2.62. The Hall–Kier alpha value is -0.930. The molecule has 1 aromatic carbocycles. The van der Waals surface area contributed by atoms with Crippen molar-refractivity contribution in [1.82, 2.24) is 9.88 Å². The molecule has 1 N–H and O–H groups in total. The molecule has 2 aromatic rings. The minimum atomic E-state index is -0.232. The van der Waals surface area contributed by atoms with E-state index in [2.05, 4.69) is 76.1 Å². The Bertz CT molecular complexity index is 608. The average Bonchev–Trinajstić information content (AvgIpc) is 2.81. The predicted octanol–water partition coefficient (Wildman–Crippen LogP) is 4.22. The van der Waals surface area contributed by atoms with Crippen molar-refractivity contribution >= 4 is 23.5 Å². The molecule has 0 amide bonds. The van der Waals surface area contributed by atoms with E-state index in [1.165, 1.54) is 22.0 Å². The summed E-state index contributed by atoms with van der Waals surface area (Å²) in [5.74, 6) is 0. The molecule has 3 heteroatoms. The molecular formula is C17H26N2S. The van der Waals surface area contributed by atoms with E-state index in [0.717, 1.165) is 6.42 Å². The third kappa shape index (κ3) is 2.27. The average molecular weight is 290 g/mol. The number of H-pyrrole nitrogens is 1. The number of hydrogen-bond donors (Lipinski definition) is 2. The Morgan fingerprint density at radius 2 is 1.85 bits per heavy atom. The molecule has 0 fully saturated rings. The van der Waals surface area contributed by atoms with Crippen molar-refractivity contribution in [3.8, 4) is 0 Å². The molecule has 1 heterocycles. The Labute approximate surface area is 128 Å². The largest absolute Gasteiger partial charge is 0.361 e. The van der Waals surface area contributed by atoms with Gasteiger partial charge in [0.1, 0.15) is 0 Å². The van der Waals surface area contributed by atoms with Gasteiger partial charge in [-0.3, -0.25) is 4.90 Å². The lowest BCUT2D eigenvalue weighted by molar-refractivity contribution is 0.185. The van der Waals surface area contributed by atoms with E-state index in [9.17, 15) is 0 Å². The topological polar surface area (TPSA) is 19.0 Å². The van der Waals surface area contributed by atoms with Gasteiger partial charge < -0.3 is 4.98 Å². The summed E-state index contributed by atoms with van der Waals surface area (Å²) in [6.45, 7) is 8.91. The fraction of sp³-hybridized carbons (Fsp3) is 0.529. The Kier molecular flexibility index (Phi) is 3.96. The number of nitrogens with zero attached hydrogens (tertiary/aromatic N) is 1. The van der Waals surface area contributed by atoms with Crippen LogP contribution in [-0.4, -0.2) is 28.9 Å². The predicted molar refractivity (Wildman–Crippen MR) is 91.8 cm³/mol. The second-order valence-electron chi connectivity index (χ2n) is 6.48. The van der Waals surface area contributed by atoms with E-state index >= 15 is 0 Å². The first-order valence-electron chi connectivity index (χ1n) is 7.22. The smallest absolute Gasteiger partial charge is 0.0700 e. The van der Waals surface area contributed by atoms with Crippen LogP contribution in [0.3, 0.4) is 0 Å². The molecule has 20 heavy (non-hydrogen) atoms. The van der Waals surface area contributed by atoms with Crippen LogP contribution in [0.4, 0.5) is 0 Å². The van der Waals surface area contributed by atoms with Crippen molar-refractivity contribution in [1.29, 1.82) is 0 Å². The minimum absolute atomic E-state index is 0.0791. The van der Waals surface area contributed by atoms with Crippen LogP contribution in [-0.2, 0) is 11.8 Å². The van der Waals surface area contributed by atoms with Crippen LogP contribution in [0.15, 0.2) is 24.4 Å². The number of nitrogens with one attached hydrogen (secondary N) is 1. The highest BCUT2D eigenvalue weighted by atomic mass is 32.1. The van der Waals surface area contributed by atoms with Gasteiger partial charge in [-0.2, -0.15) is 12.6 Å². The van der Waals surface area contributed by atoms with Crippen LogP contribution in [0.2, 0.25) is 0 Å². The molecule has 0 saturated carbocycles. The van der Waals surface area contributed by atoms with Gasteiger partial charge in [-0.1, -0.05) is 26.8 Å². The lowest BCUT2D eigenvalue weighted by Crippen LogP contribution is -2.51. The maximum absolute atomic E-state index is 4.93. The molecule has 110 valence electrons. The van der Waals surface area contributed by atoms with Crippen LogP contribution >= 0.6 is 12.6 Å². The number of aryl methyl sites for hydroxylation is 1. The third-order valence-electron chi connectivity index (χ3n) is 4.88. The number of hydrogen-bond acceptors (Lipinski definition) is 2. The Morgan fingerprint density at radius 3 is 2.40 bits per heavy atom. The molecular weight excluding hydrogens is 264 g/mol. The van der Waals surface area contributed by atoms with Gasteiger partial charge in [0.05, 0.1) is 4.87 Å². The number of likely N-dealkylation sites (N-methyl/N-ethyl adjacent to an activating group) is 1. The van der Waals surface area contributed by atoms with E-state index < -0.39 is 0 Å². The second-order valence-corrected chi connectivity index (χ2v) is 7.35. The van der Waals surface area contributed by atoms with Crippen molar-refractivity contribution in [3.05, 3.63) is 35.5 Å². The molecule has 0 bridgehead atoms. The summed E-state index contributed by atoms with van der Waals surface area (Å²) < 4.78 is 0. The second kappa shape index (κ2) is 5.12. The highest BCUT2D eigenvalue weighted by Gasteiger charge is 2.42. The molecule has 1 unspecified atom stereocenters. The van der Waals surface area contributed by atoms with Crippen molar-refractivity contribution in [3.63, 3.8) is 0 Å². The van der Waals surface area contributed by atoms with E-state index in [-0.39, 0.29) is 10.3 Å². The normalized spacial score (nSPS) is 15.8. The van der Waals surface area contributed by atoms with Gasteiger partial charge in [0.2, 0.25) is 0 Å². The number of aromatic nitrogens is 1. The van der Waals surface area contributed by atoms with Crippen LogP contribution in [0.25, 0.3) is 10.9 Å². The maximum Gasteiger partial charge on any atom is 0.0700 e. The third-order valence-corrected chi connectivity index (χ3v) is 5.84. The van der Waals surface area contributed by atoms with Gasteiger partial charge in [0.25, 0.3) is 0 Å². The summed E-state index contributed by atoms with van der Waals surface area (Å²) in [6.07, 6.45) is 3.20. The van der Waals surface area contributed by atoms with Crippen molar-refractivity contribution in [2.45, 2.75) is 44.4 Å². The summed E-state index contributed by atoms with van der Waals surface area (Å²) in [6, 6.07) is 6.68. The zero-order valence-corrected chi connectivity index (χ0v) is 14.3. The summed E-state index contributed by atoms with van der Waals surface area (Å²) in [4.78, 5) is 5.35. The molecule has 1 aromatic heterocycles. The van der Waals surface area contributed by atoms with Crippen molar-refractivity contribution in [2.24, 2.45) is 0 Å². The van der Waals surface area contributed by atoms with Gasteiger partial charge >= 0.3 is 0 Å². The minimum Gasteiger partial charge on any atom is -0.361 e. The molecule has 0 aliphatic rings. The van der Waals surface area contributed by atoms with E-state index in [1.807, 2.05) is 0 Å². The first-order valence-corrected chi connectivity index (χ1v) is 7.66. The summed E-state index contributed by atoms with van der Waals surface area (Å²) >= 11 is 4.93. The van der Waals surface area contributed by atoms with Gasteiger partial charge in [-0.15, -0.1) is 0 Å². The van der Waals surface area contributed by atoms with Crippen LogP contribution in [0.1, 0.15) is 38.8 Å². The molecule has 1 atom stereocenters. The fourth-order valence-electron chi connectivity index (χ4n) is 2.72. The zero-order valence-electron chi connectivity index (χ0n) is 13.4. The van der Waals surface area contributed by atoms with Gasteiger partial charge in [-0.05, 0) is 50.7 Å². The summed E-state index contributed by atoms with van der Waals surface area (Å²) in [5, 5.41) is 1.32. The lowest BCUT2D eigenvalue weighted by atomic mass is 9.77. The monoisotopic (exact) mass is 290 g/mol. The molecule has 0 aliphatic carbocycles. The molecule has 0 radical (unpaired) electrons. The molecule has 0 aliphatic heterocycles. The van der Waals surface area contributed by atoms with E-state index in [0.29, 0.717) is 0 Å². The first-order chi connectivity index (χ1) is 9.21. The number of aromatic amines is 1. The number of thiol groups is 1. The highest BCUT2D eigenvalue weighted by molar-refractivity contribution is 7.81. The van der Waals surface area contributed by atoms with Crippen molar-refractivity contribution < 1.29 is 0 Å². The number of fused-ring (bicyclic) bond motifs is 1. The van der Waals surface area contributed by atoms with Crippen LogP contribution < -0.4 is 0 Å². The Morgan fingerprint density at radius 1 is 1.20 bits per heavy atom. The summed E-state index contributed by atoms with van der Waals surface area (Å²) in [5.41, 5.74) is 3.83. The van der Waals surface area contributed by atoms with Crippen LogP contribution in [0.5, 0.6) is 0 Å². The first kappa shape index (κ1) is 15.5. The molecule has 2 nitrogen and oxygen atoms in total. The summed E-state index contributed by atoms with van der Waals surface area (Å²) in [7, 11) is 4.17. The molecule has 0 spiro atoms. The van der Waals surface area contributed by atoms with Gasteiger partial charge in [0.15, 0.2) is 0 Å². The van der Waals surface area contributed by atoms with E-state index in [1.54, 1.807) is 0 Å². The SMILES string of the molecule is CCc1ccc2[nH]cc(C(C)(C)C(C)(S)N(C)C)c2c1. The maximum atomic E-state index is 4.93. The van der Waals surface area contributed by atoms with Crippen LogP contribution in [0, 0.1) is 0 Å². The quantitative estimate of drug-likeness (QED) is 0.638. The zero-order chi connectivity index (χ0) is 15.1. The van der Waals surface area contributed by atoms with Gasteiger partial charge in [-0.25, -0.2) is 0 Å².